The van der Waals surface area contributed by atoms with E-state index in [1.807, 2.05) is 18.2 Å². The predicted octanol–water partition coefficient (Wildman–Crippen LogP) is 32.6. The van der Waals surface area contributed by atoms with Gasteiger partial charge in [0.05, 0.1) is 30.5 Å². The topological polar surface area (TPSA) is 74.2 Å². The third kappa shape index (κ3) is 30.2. The summed E-state index contributed by atoms with van der Waals surface area (Å²) in [6, 6.07) is 36.2. The summed E-state index contributed by atoms with van der Waals surface area (Å²) in [6.07, 6.45) is 31.2. The number of ketones is 1. The zero-order valence-corrected chi connectivity index (χ0v) is 82.4. The summed E-state index contributed by atoms with van der Waals surface area (Å²) in [4.78, 5) is 12.5. The van der Waals surface area contributed by atoms with Crippen LogP contribution >= 0.6 is 27.5 Å². The molecule has 0 heterocycles. The van der Waals surface area contributed by atoms with E-state index in [1.54, 1.807) is 0 Å². The highest BCUT2D eigenvalue weighted by molar-refractivity contribution is 9.10. The lowest BCUT2D eigenvalue weighted by Crippen LogP contribution is -2.41. The van der Waals surface area contributed by atoms with Crippen LogP contribution in [-0.4, -0.2) is 55.6 Å². The third-order valence-corrected chi connectivity index (χ3v) is 46.1. The highest BCUT2D eigenvalue weighted by atomic mass is 79.9. The molecule has 4 aromatic rings. The molecule has 7 unspecified atom stereocenters. The second-order valence-corrected chi connectivity index (χ2v) is 60.7. The Labute approximate surface area is 702 Å². The number of aliphatic hydroxyl groups excluding tert-OH is 1. The number of Topliss-reactive ketones (excluding diaryl/α,β-unsaturated/α-hetero) is 1. The number of carbonyl (C=O) groups is 1. The molecular weight excluding hydrogens is 1510 g/mol. The molecule has 111 heavy (non-hydrogen) atoms. The Hall–Kier alpha value is -2.79. The second-order valence-electron chi connectivity index (χ2n) is 40.2. The second kappa shape index (κ2) is 46.0. The first kappa shape index (κ1) is 101. The maximum absolute atomic E-state index is 12.5. The predicted molar refractivity (Wildman–Crippen MR) is 499 cm³/mol. The number of hydrogen-bond donors (Lipinski definition) is 1. The van der Waals surface area contributed by atoms with Crippen molar-refractivity contribution in [1.82, 2.24) is 0 Å². The van der Waals surface area contributed by atoms with Gasteiger partial charge in [-0.05, 0) is 229 Å². The Morgan fingerprint density at radius 3 is 0.982 bits per heavy atom. The smallest absolute Gasteiger partial charge is 0.192 e. The van der Waals surface area contributed by atoms with E-state index < -0.39 is 33.3 Å². The number of rotatable bonds is 37. The SMILES string of the molecule is C=CC[C@@H]1C(c2ccc(C(CCCCC)O[Si](C)(C)C(C)(C)C)cc2)[C@H](C)C[C@@H]1O.C=CC[C@@H]1C(c2ccc(C(CCCCC)O[Si](C)(C)C(C)(C)C)cc2)[C@H](C)C[C@H]1Cl.C=CC[C@H]1C(=O)C[C@@H](C)C1c1ccc(C(CCCCC)O[Si](C)(C)C(C)(C)C)cc1.CCCCCC(O[Si](C)(C)C(C)(C)C)c1ccc(Br)cc1. The molecule has 0 amide bonds. The summed E-state index contributed by atoms with van der Waals surface area (Å²) < 4.78 is 28.5. The van der Waals surface area contributed by atoms with Gasteiger partial charge in [0.25, 0.3) is 0 Å². The van der Waals surface area contributed by atoms with Gasteiger partial charge in [-0.3, -0.25) is 4.79 Å². The van der Waals surface area contributed by atoms with Crippen molar-refractivity contribution in [2.45, 2.75) is 399 Å². The Kier molecular flexibility index (Phi) is 41.6. The van der Waals surface area contributed by atoms with E-state index in [0.717, 1.165) is 62.3 Å². The first-order chi connectivity index (χ1) is 51.7. The normalized spacial score (nSPS) is 23.1. The van der Waals surface area contributed by atoms with Crippen LogP contribution < -0.4 is 0 Å². The summed E-state index contributed by atoms with van der Waals surface area (Å²) >= 11 is 10.2. The molecule has 4 aromatic carbocycles. The molecule has 0 bridgehead atoms. The maximum Gasteiger partial charge on any atom is 0.192 e. The van der Waals surface area contributed by atoms with Gasteiger partial charge in [0.15, 0.2) is 33.3 Å². The van der Waals surface area contributed by atoms with E-state index in [9.17, 15) is 9.90 Å². The number of hydrogen-bond acceptors (Lipinski definition) is 6. The van der Waals surface area contributed by atoms with E-state index in [1.165, 1.54) is 116 Å². The number of halogens is 2. The van der Waals surface area contributed by atoms with Crippen molar-refractivity contribution < 1.29 is 27.6 Å². The van der Waals surface area contributed by atoms with Crippen molar-refractivity contribution in [3.8, 4) is 0 Å². The molecule has 12 heteroatoms. The molecule has 3 aliphatic carbocycles. The van der Waals surface area contributed by atoms with Crippen LogP contribution in [0.5, 0.6) is 0 Å². The average molecular weight is 1680 g/mol. The van der Waals surface area contributed by atoms with Crippen LogP contribution in [0.15, 0.2) is 139 Å². The highest BCUT2D eigenvalue weighted by Crippen LogP contribution is 2.52. The maximum atomic E-state index is 12.5. The van der Waals surface area contributed by atoms with Gasteiger partial charge in [0.2, 0.25) is 0 Å². The molecule has 0 spiro atoms. The molecule has 7 rings (SSSR count). The van der Waals surface area contributed by atoms with Crippen molar-refractivity contribution in [2.75, 3.05) is 0 Å². The summed E-state index contributed by atoms with van der Waals surface area (Å²) in [7, 11) is -7.24. The molecule has 3 aliphatic rings. The van der Waals surface area contributed by atoms with Gasteiger partial charge in [0, 0.05) is 22.2 Å². The molecule has 3 fully saturated rings. The van der Waals surface area contributed by atoms with E-state index in [4.69, 9.17) is 29.3 Å². The molecule has 0 saturated heterocycles. The minimum atomic E-state index is -1.85. The van der Waals surface area contributed by atoms with Gasteiger partial charge in [-0.25, -0.2) is 0 Å². The lowest BCUT2D eigenvalue weighted by Gasteiger charge is -2.39. The lowest BCUT2D eigenvalue weighted by molar-refractivity contribution is -0.120. The Bertz CT molecular complexity index is 3200. The Balaban J connectivity index is 0.000000315. The molecule has 6 nitrogen and oxygen atoms in total. The molecule has 15 atom stereocenters. The van der Waals surface area contributed by atoms with Crippen LogP contribution in [0.4, 0.5) is 0 Å². The first-order valence-corrected chi connectivity index (χ1v) is 57.0. The van der Waals surface area contributed by atoms with Gasteiger partial charge >= 0.3 is 0 Å². The standard InChI is InChI=1S/C27H45ClOSi.C27H46O2Si.C27H44O2Si.C18H31BrOSi/c3*1-9-11-12-14-25(29-30(7,8)27(4,5)6)21-15-17-22(18-16-21)26-20(3)19-24(28)23(26)13-10-2;1-7-8-9-10-17(15-11-13-16(19)14-12-15)20-21(5,6)18(2,3)4/h10,15-18,20,23-26H,2,9,11-14,19H2,1,3-8H3;10,15-18,20,23-26,28H,2,9,11-14,19H2,1,3-8H3;10,15-18,20,23,25-26H,2,9,11-14,19H2,1,3-8H3;11-14,17H,7-10H2,1-6H3/t20-,23+,24-,25?,26?;20-,23+,24+,25?,26?;20-,23+,25?,26?;/m111./s1. The Morgan fingerprint density at radius 2 is 0.694 bits per heavy atom. The van der Waals surface area contributed by atoms with Crippen LogP contribution in [0.1, 0.15) is 354 Å². The number of benzene rings is 4. The monoisotopic (exact) mass is 1680 g/mol. The minimum absolute atomic E-state index is 0.0900. The summed E-state index contributed by atoms with van der Waals surface area (Å²) in [5.74, 6) is 4.03. The molecule has 0 aromatic heterocycles. The van der Waals surface area contributed by atoms with Crippen molar-refractivity contribution >= 4 is 66.6 Å². The molecule has 3 saturated carbocycles. The van der Waals surface area contributed by atoms with E-state index in [0.29, 0.717) is 53.6 Å². The van der Waals surface area contributed by atoms with Crippen LogP contribution in [0.2, 0.25) is 72.5 Å². The van der Waals surface area contributed by atoms with Gasteiger partial charge in [-0.2, -0.15) is 0 Å². The fourth-order valence-corrected chi connectivity index (χ4v) is 22.2. The first-order valence-electron chi connectivity index (χ1n) is 44.2. The summed E-state index contributed by atoms with van der Waals surface area (Å²) in [6.45, 7) is 74.3. The number of allylic oxidation sites excluding steroid dienone is 3. The summed E-state index contributed by atoms with van der Waals surface area (Å²) in [5, 5.41) is 11.7. The third-order valence-electron chi connectivity index (χ3n) is 27.2. The Morgan fingerprint density at radius 1 is 0.423 bits per heavy atom. The zero-order valence-electron chi connectivity index (χ0n) is 76.1. The van der Waals surface area contributed by atoms with Gasteiger partial charge in [-0.15, -0.1) is 31.3 Å². The molecule has 0 aliphatic heterocycles. The number of unbranched alkanes of at least 4 members (excludes halogenated alkanes) is 8. The molecule has 0 radical (unpaired) electrons. The van der Waals surface area contributed by atoms with E-state index in [2.05, 4.69) is 317 Å². The van der Waals surface area contributed by atoms with E-state index in [-0.39, 0.29) is 67.9 Å². The fraction of sp³-hybridized carbons (Fsp3) is 0.687. The highest BCUT2D eigenvalue weighted by Gasteiger charge is 2.46. The summed E-state index contributed by atoms with van der Waals surface area (Å²) in [5.41, 5.74) is 9.34. The number of alkyl halides is 1. The van der Waals surface area contributed by atoms with Gasteiger partial charge in [0.1, 0.15) is 5.78 Å². The van der Waals surface area contributed by atoms with Crippen molar-refractivity contribution in [3.63, 3.8) is 0 Å². The van der Waals surface area contributed by atoms with Crippen LogP contribution in [-0.2, 0) is 22.5 Å². The quantitative estimate of drug-likeness (QED) is 0.0210. The van der Waals surface area contributed by atoms with Crippen LogP contribution in [0.3, 0.4) is 0 Å². The largest absolute Gasteiger partial charge is 0.410 e. The number of aliphatic hydroxyl groups is 1. The molecular formula is C99H166BrClO6Si4. The van der Waals surface area contributed by atoms with E-state index >= 15 is 0 Å². The van der Waals surface area contributed by atoms with Crippen molar-refractivity contribution in [3.05, 3.63) is 178 Å². The van der Waals surface area contributed by atoms with Crippen molar-refractivity contribution in [1.29, 1.82) is 0 Å². The molecule has 1 N–H and O–H groups in total. The van der Waals surface area contributed by atoms with Crippen molar-refractivity contribution in [2.24, 2.45) is 35.5 Å². The minimum Gasteiger partial charge on any atom is -0.410 e. The van der Waals surface area contributed by atoms with Gasteiger partial charge < -0.3 is 22.8 Å². The molecule has 628 valence electrons. The average Bonchev–Trinajstić information content (AvgIpc) is 1.65. The van der Waals surface area contributed by atoms with Crippen LogP contribution in [0, 0.1) is 35.5 Å². The number of carbonyl (C=O) groups excluding carboxylic acids is 1. The zero-order chi connectivity index (χ0) is 83.7. The fourth-order valence-electron chi connectivity index (χ4n) is 16.1. The van der Waals surface area contributed by atoms with Gasteiger partial charge in [-0.1, -0.05) is 328 Å². The lowest BCUT2D eigenvalue weighted by atomic mass is 9.81. The van der Waals surface area contributed by atoms with Crippen LogP contribution in [0.25, 0.3) is 0 Å².